The van der Waals surface area contributed by atoms with Crippen molar-refractivity contribution in [2.75, 3.05) is 6.54 Å². The van der Waals surface area contributed by atoms with Crippen LogP contribution in [-0.2, 0) is 0 Å². The minimum absolute atomic E-state index is 0.303. The lowest BCUT2D eigenvalue weighted by molar-refractivity contribution is 0.378. The molecule has 0 saturated carbocycles. The van der Waals surface area contributed by atoms with E-state index in [9.17, 15) is 0 Å². The predicted octanol–water partition coefficient (Wildman–Crippen LogP) is 1.99. The molecule has 0 bridgehead atoms. The van der Waals surface area contributed by atoms with Crippen molar-refractivity contribution in [2.24, 2.45) is 11.7 Å². The Labute approximate surface area is 79.3 Å². The molecule has 0 amide bonds. The molecule has 3 nitrogen and oxygen atoms in total. The Bertz CT molecular complexity index is 261. The van der Waals surface area contributed by atoms with Gasteiger partial charge < -0.3 is 10.2 Å². The van der Waals surface area contributed by atoms with Gasteiger partial charge in [0, 0.05) is 5.92 Å². The number of aryl methyl sites for hydroxylation is 2. The minimum Gasteiger partial charge on any atom is -0.445 e. The number of nitrogens with zero attached hydrogens (tertiary/aromatic N) is 1. The van der Waals surface area contributed by atoms with Gasteiger partial charge in [-0.2, -0.15) is 0 Å². The van der Waals surface area contributed by atoms with E-state index in [4.69, 9.17) is 10.2 Å². The first-order valence-electron chi connectivity index (χ1n) is 4.70. The van der Waals surface area contributed by atoms with Crippen molar-refractivity contribution in [1.82, 2.24) is 4.98 Å². The quantitative estimate of drug-likeness (QED) is 0.777. The van der Waals surface area contributed by atoms with E-state index in [1.54, 1.807) is 0 Å². The zero-order valence-corrected chi connectivity index (χ0v) is 8.79. The third kappa shape index (κ3) is 2.10. The SMILES string of the molecule is Cc1nc(C(C)C(C)CN)oc1C. The molecule has 1 aromatic rings. The van der Waals surface area contributed by atoms with Gasteiger partial charge in [-0.1, -0.05) is 13.8 Å². The van der Waals surface area contributed by atoms with Crippen LogP contribution in [0.4, 0.5) is 0 Å². The van der Waals surface area contributed by atoms with Gasteiger partial charge in [0.15, 0.2) is 5.89 Å². The first-order valence-corrected chi connectivity index (χ1v) is 4.70. The molecule has 2 unspecified atom stereocenters. The minimum atomic E-state index is 0.303. The van der Waals surface area contributed by atoms with Crippen LogP contribution < -0.4 is 5.73 Å². The standard InChI is InChI=1S/C10H18N2O/c1-6(5-11)7(2)10-12-8(3)9(4)13-10/h6-7H,5,11H2,1-4H3. The highest BCUT2D eigenvalue weighted by atomic mass is 16.4. The molecule has 3 heteroatoms. The predicted molar refractivity (Wildman–Crippen MR) is 52.6 cm³/mol. The Morgan fingerprint density at radius 3 is 2.38 bits per heavy atom. The number of hydrogen-bond donors (Lipinski definition) is 1. The fourth-order valence-corrected chi connectivity index (χ4v) is 1.14. The monoisotopic (exact) mass is 182 g/mol. The first kappa shape index (κ1) is 10.3. The molecule has 0 saturated heterocycles. The number of hydrogen-bond acceptors (Lipinski definition) is 3. The molecule has 0 aromatic carbocycles. The number of nitrogens with two attached hydrogens (primary N) is 1. The van der Waals surface area contributed by atoms with E-state index in [0.717, 1.165) is 17.3 Å². The molecule has 2 N–H and O–H groups in total. The zero-order chi connectivity index (χ0) is 10.0. The van der Waals surface area contributed by atoms with Gasteiger partial charge in [0.1, 0.15) is 5.76 Å². The number of oxazole rings is 1. The molecule has 2 atom stereocenters. The highest BCUT2D eigenvalue weighted by molar-refractivity contribution is 5.08. The van der Waals surface area contributed by atoms with Gasteiger partial charge in [0.2, 0.25) is 0 Å². The largest absolute Gasteiger partial charge is 0.445 e. The van der Waals surface area contributed by atoms with Gasteiger partial charge in [-0.25, -0.2) is 4.98 Å². The van der Waals surface area contributed by atoms with Crippen molar-refractivity contribution in [1.29, 1.82) is 0 Å². The van der Waals surface area contributed by atoms with Crippen LogP contribution in [0.15, 0.2) is 4.42 Å². The molecule has 0 spiro atoms. The normalized spacial score (nSPS) is 15.8. The Hall–Kier alpha value is -0.830. The summed E-state index contributed by atoms with van der Waals surface area (Å²) in [6.07, 6.45) is 0. The van der Waals surface area contributed by atoms with E-state index < -0.39 is 0 Å². The lowest BCUT2D eigenvalue weighted by Gasteiger charge is -2.13. The number of rotatable bonds is 3. The van der Waals surface area contributed by atoms with Crippen molar-refractivity contribution in [3.05, 3.63) is 17.3 Å². The summed E-state index contributed by atoms with van der Waals surface area (Å²) < 4.78 is 5.53. The topological polar surface area (TPSA) is 52.0 Å². The van der Waals surface area contributed by atoms with Gasteiger partial charge in [-0.3, -0.25) is 0 Å². The molecular formula is C10H18N2O. The summed E-state index contributed by atoms with van der Waals surface area (Å²) >= 11 is 0. The zero-order valence-electron chi connectivity index (χ0n) is 8.79. The van der Waals surface area contributed by atoms with Crippen LogP contribution in [0.5, 0.6) is 0 Å². The van der Waals surface area contributed by atoms with Crippen molar-refractivity contribution >= 4 is 0 Å². The Morgan fingerprint density at radius 2 is 2.00 bits per heavy atom. The van der Waals surface area contributed by atoms with Crippen LogP contribution in [0, 0.1) is 19.8 Å². The van der Waals surface area contributed by atoms with Crippen LogP contribution in [0.2, 0.25) is 0 Å². The molecule has 0 aliphatic rings. The highest BCUT2D eigenvalue weighted by Gasteiger charge is 2.18. The summed E-state index contributed by atoms with van der Waals surface area (Å²) in [4.78, 5) is 4.36. The summed E-state index contributed by atoms with van der Waals surface area (Å²) in [5.41, 5.74) is 6.56. The number of aromatic nitrogens is 1. The first-order chi connectivity index (χ1) is 6.06. The highest BCUT2D eigenvalue weighted by Crippen LogP contribution is 2.24. The van der Waals surface area contributed by atoms with Gasteiger partial charge in [-0.05, 0) is 26.3 Å². The third-order valence-electron chi connectivity index (χ3n) is 2.66. The van der Waals surface area contributed by atoms with Crippen molar-refractivity contribution in [2.45, 2.75) is 33.6 Å². The molecule has 1 aromatic heterocycles. The summed E-state index contributed by atoms with van der Waals surface area (Å²) in [7, 11) is 0. The molecule has 0 aliphatic heterocycles. The smallest absolute Gasteiger partial charge is 0.197 e. The molecule has 1 heterocycles. The summed E-state index contributed by atoms with van der Waals surface area (Å²) in [6, 6.07) is 0. The maximum atomic E-state index is 5.59. The van der Waals surface area contributed by atoms with E-state index >= 15 is 0 Å². The fraction of sp³-hybridized carbons (Fsp3) is 0.700. The second-order valence-electron chi connectivity index (χ2n) is 3.70. The summed E-state index contributed by atoms with van der Waals surface area (Å²) in [5.74, 6) is 2.44. The van der Waals surface area contributed by atoms with Crippen molar-refractivity contribution < 1.29 is 4.42 Å². The Kier molecular flexibility index (Phi) is 3.09. The molecule has 13 heavy (non-hydrogen) atoms. The molecular weight excluding hydrogens is 164 g/mol. The average Bonchev–Trinajstić information content (AvgIpc) is 2.44. The average molecular weight is 182 g/mol. The Balaban J connectivity index is 2.82. The van der Waals surface area contributed by atoms with Crippen LogP contribution in [0.25, 0.3) is 0 Å². The van der Waals surface area contributed by atoms with E-state index in [0.29, 0.717) is 18.4 Å². The third-order valence-corrected chi connectivity index (χ3v) is 2.66. The van der Waals surface area contributed by atoms with Crippen LogP contribution in [-0.4, -0.2) is 11.5 Å². The van der Waals surface area contributed by atoms with E-state index in [2.05, 4.69) is 18.8 Å². The van der Waals surface area contributed by atoms with Crippen molar-refractivity contribution in [3.8, 4) is 0 Å². The maximum absolute atomic E-state index is 5.59. The second kappa shape index (κ2) is 3.92. The molecule has 0 radical (unpaired) electrons. The van der Waals surface area contributed by atoms with Gasteiger partial charge in [0.05, 0.1) is 5.69 Å². The lowest BCUT2D eigenvalue weighted by Crippen LogP contribution is -2.17. The molecule has 1 rings (SSSR count). The molecule has 0 fully saturated rings. The van der Waals surface area contributed by atoms with Gasteiger partial charge in [-0.15, -0.1) is 0 Å². The fourth-order valence-electron chi connectivity index (χ4n) is 1.14. The summed E-state index contributed by atoms with van der Waals surface area (Å²) in [5, 5.41) is 0. The van der Waals surface area contributed by atoms with E-state index in [1.807, 2.05) is 13.8 Å². The summed E-state index contributed by atoms with van der Waals surface area (Å²) in [6.45, 7) is 8.78. The van der Waals surface area contributed by atoms with E-state index in [-0.39, 0.29) is 0 Å². The van der Waals surface area contributed by atoms with Gasteiger partial charge in [0.25, 0.3) is 0 Å². The van der Waals surface area contributed by atoms with Crippen LogP contribution >= 0.6 is 0 Å². The molecule has 0 aliphatic carbocycles. The second-order valence-corrected chi connectivity index (χ2v) is 3.70. The maximum Gasteiger partial charge on any atom is 0.197 e. The van der Waals surface area contributed by atoms with Gasteiger partial charge >= 0.3 is 0 Å². The lowest BCUT2D eigenvalue weighted by atomic mass is 9.96. The molecule has 74 valence electrons. The van der Waals surface area contributed by atoms with Crippen LogP contribution in [0.1, 0.15) is 37.1 Å². The van der Waals surface area contributed by atoms with E-state index in [1.165, 1.54) is 0 Å². The Morgan fingerprint density at radius 1 is 1.38 bits per heavy atom. The van der Waals surface area contributed by atoms with Crippen molar-refractivity contribution in [3.63, 3.8) is 0 Å². The van der Waals surface area contributed by atoms with Crippen LogP contribution in [0.3, 0.4) is 0 Å².